The normalized spacial score (nSPS) is 11.7. The van der Waals surface area contributed by atoms with E-state index in [1.807, 2.05) is 72.3 Å². The minimum atomic E-state index is -1.26. The molecule has 0 amide bonds. The number of aliphatic carboxylic acids is 1. The molecule has 0 unspecified atom stereocenters. The molecule has 6 heteroatoms. The molecule has 0 radical (unpaired) electrons. The molecule has 1 atom stereocenters. The Hall–Kier alpha value is -2.60. The summed E-state index contributed by atoms with van der Waals surface area (Å²) in [4.78, 5) is 23.6. The van der Waals surface area contributed by atoms with Crippen LogP contribution < -0.4 is 39.4 Å². The summed E-state index contributed by atoms with van der Waals surface area (Å²) < 4.78 is 7.22. The van der Waals surface area contributed by atoms with E-state index in [4.69, 9.17) is 4.74 Å². The van der Waals surface area contributed by atoms with Crippen molar-refractivity contribution in [1.29, 1.82) is 0 Å². The first-order valence-electron chi connectivity index (χ1n) is 9.34. The van der Waals surface area contributed by atoms with Crippen LogP contribution in [0.3, 0.4) is 0 Å². The third kappa shape index (κ3) is 6.20. The summed E-state index contributed by atoms with van der Waals surface area (Å²) in [5.41, 5.74) is 3.26. The molecule has 0 spiro atoms. The summed E-state index contributed by atoms with van der Waals surface area (Å²) in [6.07, 6.45) is 4.68. The molecule has 0 aliphatic rings. The number of carboxylic acids is 1. The van der Waals surface area contributed by atoms with Crippen LogP contribution >= 0.6 is 0 Å². The van der Waals surface area contributed by atoms with Crippen LogP contribution in [0, 0.1) is 6.92 Å². The Labute approximate surface area is 198 Å². The fraction of sp³-hybridized carbons (Fsp3) is 0.167. The van der Waals surface area contributed by atoms with Crippen LogP contribution in [-0.4, -0.2) is 22.4 Å². The second-order valence-corrected chi connectivity index (χ2v) is 6.79. The molecule has 0 saturated heterocycles. The SMILES string of the molecule is Cc1ccc(C(=O)c2cccn2C/C=C/c2cccc(O[C@H](C)C(=O)[O-])c2)cc1.[Na+]. The molecular weight excluding hydrogens is 389 g/mol. The number of carbonyl (C=O) groups is 2. The number of carbonyl (C=O) groups excluding carboxylic acids is 2. The maximum atomic E-state index is 12.8. The fourth-order valence-electron chi connectivity index (χ4n) is 2.88. The number of aromatic nitrogens is 1. The molecule has 148 valence electrons. The van der Waals surface area contributed by atoms with Gasteiger partial charge in [0.2, 0.25) is 5.78 Å². The Morgan fingerprint density at radius 3 is 2.53 bits per heavy atom. The van der Waals surface area contributed by atoms with E-state index >= 15 is 0 Å². The summed E-state index contributed by atoms with van der Waals surface area (Å²) in [6.45, 7) is 3.94. The van der Waals surface area contributed by atoms with Crippen LogP contribution in [0.15, 0.2) is 72.9 Å². The zero-order valence-electron chi connectivity index (χ0n) is 17.4. The van der Waals surface area contributed by atoms with E-state index < -0.39 is 12.1 Å². The standard InChI is InChI=1S/C24H23NO4.Na/c1-17-10-12-20(13-11-17)23(26)22-9-5-15-25(22)14-4-7-19-6-3-8-21(16-19)29-18(2)24(27)28;/h3-13,15-16,18H,14H2,1-2H3,(H,27,28);/q;+1/p-1/b7-4+;/t18-;/m1./s1. The average Bonchev–Trinajstić information content (AvgIpc) is 3.17. The van der Waals surface area contributed by atoms with E-state index in [2.05, 4.69) is 0 Å². The van der Waals surface area contributed by atoms with E-state index in [-0.39, 0.29) is 35.3 Å². The minimum absolute atomic E-state index is 0. The summed E-state index contributed by atoms with van der Waals surface area (Å²) in [7, 11) is 0. The summed E-state index contributed by atoms with van der Waals surface area (Å²) in [5.74, 6) is -0.820. The van der Waals surface area contributed by atoms with Gasteiger partial charge in [-0.25, -0.2) is 0 Å². The van der Waals surface area contributed by atoms with Gasteiger partial charge in [0.05, 0.1) is 11.7 Å². The maximum absolute atomic E-state index is 12.8. The van der Waals surface area contributed by atoms with Gasteiger partial charge in [-0.2, -0.15) is 0 Å². The number of ether oxygens (including phenoxy) is 1. The van der Waals surface area contributed by atoms with Gasteiger partial charge in [-0.15, -0.1) is 0 Å². The van der Waals surface area contributed by atoms with Crippen molar-refractivity contribution in [2.45, 2.75) is 26.5 Å². The zero-order chi connectivity index (χ0) is 20.8. The molecule has 0 N–H and O–H groups in total. The Kier molecular flexibility index (Phi) is 8.66. The van der Waals surface area contributed by atoms with Crippen molar-refractivity contribution in [2.24, 2.45) is 0 Å². The molecule has 0 aliphatic carbocycles. The zero-order valence-corrected chi connectivity index (χ0v) is 19.4. The van der Waals surface area contributed by atoms with Gasteiger partial charge in [0.1, 0.15) is 11.9 Å². The second kappa shape index (κ2) is 11.0. The molecule has 1 heterocycles. The maximum Gasteiger partial charge on any atom is 1.00 e. The summed E-state index contributed by atoms with van der Waals surface area (Å²) in [6, 6.07) is 18.3. The van der Waals surface area contributed by atoms with Gasteiger partial charge in [-0.3, -0.25) is 4.79 Å². The predicted octanol–water partition coefficient (Wildman–Crippen LogP) is 0.262. The number of carboxylic acid groups (broad SMARTS) is 1. The number of hydrogen-bond donors (Lipinski definition) is 0. The van der Waals surface area contributed by atoms with Crippen LogP contribution in [0.4, 0.5) is 0 Å². The molecule has 0 saturated carbocycles. The molecule has 0 fully saturated rings. The predicted molar refractivity (Wildman–Crippen MR) is 110 cm³/mol. The van der Waals surface area contributed by atoms with Gasteiger partial charge in [-0.05, 0) is 43.7 Å². The van der Waals surface area contributed by atoms with Crippen LogP contribution in [0.1, 0.15) is 34.1 Å². The summed E-state index contributed by atoms with van der Waals surface area (Å²) >= 11 is 0. The Bertz CT molecular complexity index is 1040. The van der Waals surface area contributed by atoms with Crippen molar-refractivity contribution in [1.82, 2.24) is 4.57 Å². The Balaban J connectivity index is 0.00000320. The molecule has 0 bridgehead atoms. The molecule has 5 nitrogen and oxygen atoms in total. The number of allylic oxidation sites excluding steroid dienone is 1. The van der Waals surface area contributed by atoms with E-state index in [9.17, 15) is 14.7 Å². The number of aryl methyl sites for hydroxylation is 1. The van der Waals surface area contributed by atoms with Crippen molar-refractivity contribution in [3.05, 3.63) is 95.3 Å². The topological polar surface area (TPSA) is 71.4 Å². The molecule has 1 aromatic heterocycles. The average molecular weight is 411 g/mol. The van der Waals surface area contributed by atoms with Crippen molar-refractivity contribution in [2.75, 3.05) is 0 Å². The molecule has 0 aliphatic heterocycles. The van der Waals surface area contributed by atoms with Gasteiger partial charge in [0.25, 0.3) is 0 Å². The Morgan fingerprint density at radius 1 is 1.10 bits per heavy atom. The number of benzene rings is 2. The van der Waals surface area contributed by atoms with Crippen LogP contribution in [0.2, 0.25) is 0 Å². The van der Waals surface area contributed by atoms with Gasteiger partial charge in [0.15, 0.2) is 0 Å². The monoisotopic (exact) mass is 411 g/mol. The number of hydrogen-bond acceptors (Lipinski definition) is 4. The first kappa shape index (κ1) is 23.7. The van der Waals surface area contributed by atoms with Crippen LogP contribution in [0.5, 0.6) is 5.75 Å². The minimum Gasteiger partial charge on any atom is -0.546 e. The number of nitrogens with zero attached hydrogens (tertiary/aromatic N) is 1. The fourth-order valence-corrected chi connectivity index (χ4v) is 2.88. The van der Waals surface area contributed by atoms with Crippen molar-refractivity contribution < 1.29 is 49.0 Å². The molecule has 2 aromatic carbocycles. The Morgan fingerprint density at radius 2 is 1.83 bits per heavy atom. The van der Waals surface area contributed by atoms with E-state index in [0.717, 1.165) is 11.1 Å². The smallest absolute Gasteiger partial charge is 0.546 e. The third-order valence-corrected chi connectivity index (χ3v) is 4.49. The van der Waals surface area contributed by atoms with Crippen LogP contribution in [0.25, 0.3) is 6.08 Å². The number of rotatable bonds is 8. The van der Waals surface area contributed by atoms with Crippen molar-refractivity contribution >= 4 is 17.8 Å². The van der Waals surface area contributed by atoms with E-state index in [1.54, 1.807) is 18.2 Å². The first-order valence-corrected chi connectivity index (χ1v) is 9.34. The molecule has 30 heavy (non-hydrogen) atoms. The number of ketones is 1. The third-order valence-electron chi connectivity index (χ3n) is 4.49. The first-order chi connectivity index (χ1) is 13.9. The van der Waals surface area contributed by atoms with Crippen molar-refractivity contribution in [3.8, 4) is 5.75 Å². The largest absolute Gasteiger partial charge is 1.00 e. The molecule has 3 aromatic rings. The summed E-state index contributed by atoms with van der Waals surface area (Å²) in [5, 5.41) is 10.8. The van der Waals surface area contributed by atoms with Gasteiger partial charge < -0.3 is 19.2 Å². The quantitative estimate of drug-likeness (QED) is 0.394. The second-order valence-electron chi connectivity index (χ2n) is 6.79. The molecule has 3 rings (SSSR count). The van der Waals surface area contributed by atoms with Gasteiger partial charge >= 0.3 is 29.6 Å². The van der Waals surface area contributed by atoms with Crippen molar-refractivity contribution in [3.63, 3.8) is 0 Å². The van der Waals surface area contributed by atoms with Gasteiger partial charge in [0, 0.05) is 18.3 Å². The molecular formula is C24H22NNaO4. The van der Waals surface area contributed by atoms with E-state index in [0.29, 0.717) is 23.6 Å². The van der Waals surface area contributed by atoms with Crippen LogP contribution in [-0.2, 0) is 11.3 Å². The van der Waals surface area contributed by atoms with E-state index in [1.165, 1.54) is 6.92 Å². The van der Waals surface area contributed by atoms with Gasteiger partial charge in [-0.1, -0.05) is 54.1 Å².